The molecule has 5 rings (SSSR count). The minimum atomic E-state index is -0.0707. The summed E-state index contributed by atoms with van der Waals surface area (Å²) in [5.41, 5.74) is 8.26. The van der Waals surface area contributed by atoms with Crippen molar-refractivity contribution in [1.82, 2.24) is 14.9 Å². The van der Waals surface area contributed by atoms with Gasteiger partial charge in [0, 0.05) is 29.5 Å². The number of aryl methyl sites for hydroxylation is 2. The highest BCUT2D eigenvalue weighted by atomic mass is 32.1. The van der Waals surface area contributed by atoms with Crippen molar-refractivity contribution in [3.05, 3.63) is 113 Å². The molecule has 2 aromatic carbocycles. The molecule has 0 bridgehead atoms. The number of nitrogens with one attached hydrogen (secondary N) is 1. The van der Waals surface area contributed by atoms with Gasteiger partial charge in [-0.15, -0.1) is 0 Å². The van der Waals surface area contributed by atoms with E-state index in [-0.39, 0.29) is 12.1 Å². The lowest BCUT2D eigenvalue weighted by atomic mass is 9.99. The molecule has 1 saturated heterocycles. The number of anilines is 1. The quantitative estimate of drug-likeness (QED) is 0.328. The van der Waals surface area contributed by atoms with Gasteiger partial charge >= 0.3 is 0 Å². The van der Waals surface area contributed by atoms with E-state index < -0.39 is 0 Å². The minimum absolute atomic E-state index is 0.0519. The van der Waals surface area contributed by atoms with Crippen LogP contribution in [0.25, 0.3) is 5.69 Å². The third kappa shape index (κ3) is 4.01. The summed E-state index contributed by atoms with van der Waals surface area (Å²) in [4.78, 5) is 6.93. The normalized spacial score (nSPS) is 17.9. The molecule has 0 radical (unpaired) electrons. The van der Waals surface area contributed by atoms with Gasteiger partial charge in [0.1, 0.15) is 6.04 Å². The largest absolute Gasteiger partial charge is 0.351 e. The zero-order valence-electron chi connectivity index (χ0n) is 20.1. The maximum absolute atomic E-state index is 5.91. The van der Waals surface area contributed by atoms with Gasteiger partial charge in [-0.2, -0.15) is 0 Å². The summed E-state index contributed by atoms with van der Waals surface area (Å²) in [5, 5.41) is 4.29. The van der Waals surface area contributed by atoms with Crippen LogP contribution in [0, 0.1) is 13.8 Å². The van der Waals surface area contributed by atoms with Gasteiger partial charge in [-0.3, -0.25) is 4.98 Å². The lowest BCUT2D eigenvalue weighted by Gasteiger charge is -2.29. The van der Waals surface area contributed by atoms with E-state index in [0.29, 0.717) is 11.0 Å². The Kier molecular flexibility index (Phi) is 5.96. The average molecular weight is 467 g/mol. The average Bonchev–Trinajstić information content (AvgIpc) is 3.45. The maximum atomic E-state index is 5.91. The first-order chi connectivity index (χ1) is 16.4. The zero-order valence-corrected chi connectivity index (χ0v) is 20.9. The molecule has 0 saturated carbocycles. The Balaban J connectivity index is 1.64. The SMILES string of the molecule is Cc1ccc(-n2cccc2C2C(c3ccccn3)NC(=S)N2c2ccc(C(C)C)cc2)cc1C. The van der Waals surface area contributed by atoms with Gasteiger partial charge in [0.05, 0.1) is 11.7 Å². The Morgan fingerprint density at radius 2 is 1.65 bits per heavy atom. The summed E-state index contributed by atoms with van der Waals surface area (Å²) >= 11 is 5.91. The van der Waals surface area contributed by atoms with E-state index in [1.54, 1.807) is 0 Å². The second kappa shape index (κ2) is 9.07. The Morgan fingerprint density at radius 1 is 0.882 bits per heavy atom. The number of rotatable bonds is 5. The van der Waals surface area contributed by atoms with Crippen LogP contribution in [-0.4, -0.2) is 14.7 Å². The zero-order chi connectivity index (χ0) is 23.8. The Labute approximate surface area is 207 Å². The van der Waals surface area contributed by atoms with E-state index in [1.807, 2.05) is 18.3 Å². The summed E-state index contributed by atoms with van der Waals surface area (Å²) in [6.07, 6.45) is 3.98. The van der Waals surface area contributed by atoms with Crippen molar-refractivity contribution in [2.24, 2.45) is 0 Å². The molecule has 4 aromatic rings. The fourth-order valence-electron chi connectivity index (χ4n) is 4.70. The molecule has 34 heavy (non-hydrogen) atoms. The van der Waals surface area contributed by atoms with Crippen molar-refractivity contribution in [1.29, 1.82) is 0 Å². The van der Waals surface area contributed by atoms with Crippen molar-refractivity contribution < 1.29 is 0 Å². The molecule has 4 nitrogen and oxygen atoms in total. The van der Waals surface area contributed by atoms with Crippen molar-refractivity contribution in [2.45, 2.75) is 45.7 Å². The summed E-state index contributed by atoms with van der Waals surface area (Å²) in [6.45, 7) is 8.74. The lowest BCUT2D eigenvalue weighted by molar-refractivity contribution is 0.549. The fourth-order valence-corrected chi connectivity index (χ4v) is 5.04. The Morgan fingerprint density at radius 3 is 2.32 bits per heavy atom. The summed E-state index contributed by atoms with van der Waals surface area (Å²) < 4.78 is 2.28. The van der Waals surface area contributed by atoms with Gasteiger partial charge in [0.15, 0.2) is 5.11 Å². The Bertz CT molecular complexity index is 1310. The van der Waals surface area contributed by atoms with Crippen molar-refractivity contribution >= 4 is 23.0 Å². The van der Waals surface area contributed by atoms with E-state index in [0.717, 1.165) is 17.1 Å². The molecule has 1 aliphatic rings. The number of pyridine rings is 1. The van der Waals surface area contributed by atoms with Crippen molar-refractivity contribution in [3.63, 3.8) is 0 Å². The molecule has 2 atom stereocenters. The topological polar surface area (TPSA) is 33.1 Å². The van der Waals surface area contributed by atoms with E-state index in [1.165, 1.54) is 22.4 Å². The Hall–Kier alpha value is -3.44. The number of hydrogen-bond acceptors (Lipinski definition) is 2. The smallest absolute Gasteiger partial charge is 0.174 e. The molecule has 172 valence electrons. The molecule has 1 aliphatic heterocycles. The predicted molar refractivity (Wildman–Crippen MR) is 144 cm³/mol. The monoisotopic (exact) mass is 466 g/mol. The van der Waals surface area contributed by atoms with E-state index >= 15 is 0 Å². The van der Waals surface area contributed by atoms with E-state index in [4.69, 9.17) is 17.2 Å². The molecule has 3 heterocycles. The van der Waals surface area contributed by atoms with Gasteiger partial charge in [0.2, 0.25) is 0 Å². The molecule has 2 unspecified atom stereocenters. The predicted octanol–water partition coefficient (Wildman–Crippen LogP) is 6.79. The second-order valence-corrected chi connectivity index (χ2v) is 9.70. The standard InChI is InChI=1S/C29H30N4S/c1-19(2)22-11-14-23(15-12-22)33-28(27(31-29(33)34)25-8-5-6-16-30-25)26-9-7-17-32(26)24-13-10-20(3)21(4)18-24/h5-19,27-28H,1-4H3,(H,31,34). The molecule has 1 fully saturated rings. The lowest BCUT2D eigenvalue weighted by Crippen LogP contribution is -2.30. The van der Waals surface area contributed by atoms with Gasteiger partial charge in [-0.1, -0.05) is 38.1 Å². The molecule has 0 amide bonds. The minimum Gasteiger partial charge on any atom is -0.351 e. The van der Waals surface area contributed by atoms with E-state index in [2.05, 4.69) is 109 Å². The first kappa shape index (κ1) is 22.4. The highest BCUT2D eigenvalue weighted by molar-refractivity contribution is 7.80. The van der Waals surface area contributed by atoms with Gasteiger partial charge < -0.3 is 14.8 Å². The second-order valence-electron chi connectivity index (χ2n) is 9.31. The van der Waals surface area contributed by atoms with Crippen LogP contribution in [0.15, 0.2) is 85.2 Å². The first-order valence-corrected chi connectivity index (χ1v) is 12.2. The van der Waals surface area contributed by atoms with Crippen molar-refractivity contribution in [2.75, 3.05) is 4.90 Å². The highest BCUT2D eigenvalue weighted by Gasteiger charge is 2.42. The van der Waals surface area contributed by atoms with Crippen LogP contribution in [-0.2, 0) is 0 Å². The molecule has 1 N–H and O–H groups in total. The molecule has 0 spiro atoms. The van der Waals surface area contributed by atoms with Crippen molar-refractivity contribution in [3.8, 4) is 5.69 Å². The number of aromatic nitrogens is 2. The third-order valence-corrected chi connectivity index (χ3v) is 7.10. The van der Waals surface area contributed by atoms with E-state index in [9.17, 15) is 0 Å². The fraction of sp³-hybridized carbons (Fsp3) is 0.241. The van der Waals surface area contributed by atoms with Crippen LogP contribution in [0.5, 0.6) is 0 Å². The highest BCUT2D eigenvalue weighted by Crippen LogP contribution is 2.42. The molecule has 5 heteroatoms. The summed E-state index contributed by atoms with van der Waals surface area (Å²) in [6, 6.07) is 25.6. The number of benzene rings is 2. The van der Waals surface area contributed by atoms with Crippen LogP contribution in [0.1, 0.15) is 59.9 Å². The van der Waals surface area contributed by atoms with Crippen LogP contribution >= 0.6 is 12.2 Å². The van der Waals surface area contributed by atoms with Gasteiger partial charge in [0.25, 0.3) is 0 Å². The maximum Gasteiger partial charge on any atom is 0.174 e. The van der Waals surface area contributed by atoms with Gasteiger partial charge in [-0.05, 0) is 97.2 Å². The van der Waals surface area contributed by atoms with Crippen LogP contribution < -0.4 is 10.2 Å². The summed E-state index contributed by atoms with van der Waals surface area (Å²) in [5.74, 6) is 0.483. The number of hydrogen-bond donors (Lipinski definition) is 1. The van der Waals surface area contributed by atoms with Crippen LogP contribution in [0.4, 0.5) is 5.69 Å². The van der Waals surface area contributed by atoms with Crippen LogP contribution in [0.2, 0.25) is 0 Å². The molecular formula is C29H30N4S. The number of nitrogens with zero attached hydrogens (tertiary/aromatic N) is 3. The first-order valence-electron chi connectivity index (χ1n) is 11.8. The third-order valence-electron chi connectivity index (χ3n) is 6.79. The molecule has 0 aliphatic carbocycles. The summed E-state index contributed by atoms with van der Waals surface area (Å²) in [7, 11) is 0. The van der Waals surface area contributed by atoms with Gasteiger partial charge in [-0.25, -0.2) is 0 Å². The molecule has 2 aromatic heterocycles. The molecular weight excluding hydrogens is 436 g/mol. The van der Waals surface area contributed by atoms with Crippen LogP contribution in [0.3, 0.4) is 0 Å². The number of thiocarbonyl (C=S) groups is 1.